The molecule has 0 saturated carbocycles. The fourth-order valence-corrected chi connectivity index (χ4v) is 2.01. The van der Waals surface area contributed by atoms with Gasteiger partial charge in [-0.05, 0) is 24.3 Å². The van der Waals surface area contributed by atoms with E-state index in [-0.39, 0.29) is 11.1 Å². The average molecular weight is 267 g/mol. The van der Waals surface area contributed by atoms with Crippen LogP contribution in [0.15, 0.2) is 42.7 Å². The summed E-state index contributed by atoms with van der Waals surface area (Å²) < 4.78 is 0. The first kappa shape index (κ1) is 12.0. The lowest BCUT2D eigenvalue weighted by atomic mass is 10.1. The van der Waals surface area contributed by atoms with Crippen LogP contribution in [0.25, 0.3) is 0 Å². The number of nitrogens with zero attached hydrogens (tertiary/aromatic N) is 1. The van der Waals surface area contributed by atoms with Crippen molar-refractivity contribution < 1.29 is 14.4 Å². The van der Waals surface area contributed by atoms with Crippen molar-refractivity contribution in [1.29, 1.82) is 0 Å². The van der Waals surface area contributed by atoms with Gasteiger partial charge in [0, 0.05) is 12.4 Å². The van der Waals surface area contributed by atoms with Gasteiger partial charge in [-0.15, -0.1) is 0 Å². The number of carbonyl (C=O) groups is 3. The quantitative estimate of drug-likeness (QED) is 0.801. The van der Waals surface area contributed by atoms with Gasteiger partial charge < -0.3 is 5.32 Å². The highest BCUT2D eigenvalue weighted by Crippen LogP contribution is 2.24. The normalized spacial score (nSPS) is 12.8. The van der Waals surface area contributed by atoms with Crippen molar-refractivity contribution in [2.75, 3.05) is 5.32 Å². The zero-order chi connectivity index (χ0) is 14.1. The van der Waals surface area contributed by atoms with E-state index in [2.05, 4.69) is 15.6 Å². The Balaban J connectivity index is 1.96. The number of nitrogens with one attached hydrogen (secondary N) is 2. The number of hydrogen-bond acceptors (Lipinski definition) is 4. The molecule has 0 saturated heterocycles. The minimum absolute atomic E-state index is 0.190. The Bertz CT molecular complexity index is 726. The molecule has 0 spiro atoms. The monoisotopic (exact) mass is 267 g/mol. The van der Waals surface area contributed by atoms with Crippen molar-refractivity contribution in [3.8, 4) is 0 Å². The van der Waals surface area contributed by atoms with Crippen LogP contribution in [0, 0.1) is 0 Å². The molecule has 0 fully saturated rings. The highest BCUT2D eigenvalue weighted by atomic mass is 16.2. The topological polar surface area (TPSA) is 88.2 Å². The molecule has 3 rings (SSSR count). The molecule has 0 unspecified atom stereocenters. The van der Waals surface area contributed by atoms with Crippen molar-refractivity contribution in [1.82, 2.24) is 10.3 Å². The molecule has 1 aromatic heterocycles. The fourth-order valence-electron chi connectivity index (χ4n) is 2.01. The molecular formula is C14H9N3O3. The second-order valence-corrected chi connectivity index (χ2v) is 4.21. The maximum atomic E-state index is 12.0. The Labute approximate surface area is 113 Å². The summed E-state index contributed by atoms with van der Waals surface area (Å²) in [7, 11) is 0. The van der Waals surface area contributed by atoms with Gasteiger partial charge in [0.25, 0.3) is 17.7 Å². The summed E-state index contributed by atoms with van der Waals surface area (Å²) in [6.07, 6.45) is 2.98. The van der Waals surface area contributed by atoms with E-state index in [1.165, 1.54) is 12.3 Å². The maximum Gasteiger partial charge on any atom is 0.261 e. The number of pyridine rings is 1. The summed E-state index contributed by atoms with van der Waals surface area (Å²) in [6.45, 7) is 0. The van der Waals surface area contributed by atoms with Crippen LogP contribution in [-0.4, -0.2) is 22.7 Å². The Hall–Kier alpha value is -3.02. The summed E-state index contributed by atoms with van der Waals surface area (Å²) in [6, 6.07) is 7.97. The second-order valence-electron chi connectivity index (χ2n) is 4.21. The number of hydrogen-bond donors (Lipinski definition) is 2. The molecule has 2 heterocycles. The zero-order valence-corrected chi connectivity index (χ0v) is 10.2. The van der Waals surface area contributed by atoms with Crippen LogP contribution in [0.3, 0.4) is 0 Å². The minimum Gasteiger partial charge on any atom is -0.321 e. The highest BCUT2D eigenvalue weighted by Gasteiger charge is 2.29. The summed E-state index contributed by atoms with van der Waals surface area (Å²) in [5.74, 6) is -1.35. The van der Waals surface area contributed by atoms with Gasteiger partial charge in [0.1, 0.15) is 0 Å². The number of anilines is 1. The molecule has 6 heteroatoms. The molecule has 0 atom stereocenters. The number of carbonyl (C=O) groups excluding carboxylic acids is 3. The van der Waals surface area contributed by atoms with Crippen molar-refractivity contribution in [2.45, 2.75) is 0 Å². The highest BCUT2D eigenvalue weighted by molar-refractivity contribution is 6.24. The SMILES string of the molecule is O=C(Nc1cccc2c1C(=O)NC2=O)c1cccnc1. The lowest BCUT2D eigenvalue weighted by Gasteiger charge is -2.07. The fraction of sp³-hybridized carbons (Fsp3) is 0. The summed E-state index contributed by atoms with van der Waals surface area (Å²) in [5.41, 5.74) is 1.13. The minimum atomic E-state index is -0.507. The number of fused-ring (bicyclic) bond motifs is 1. The first-order valence-corrected chi connectivity index (χ1v) is 5.87. The van der Waals surface area contributed by atoms with Gasteiger partial charge in [-0.3, -0.25) is 24.7 Å². The van der Waals surface area contributed by atoms with E-state index in [4.69, 9.17) is 0 Å². The van der Waals surface area contributed by atoms with E-state index in [0.717, 1.165) is 0 Å². The molecule has 2 aromatic rings. The van der Waals surface area contributed by atoms with Gasteiger partial charge in [0.15, 0.2) is 0 Å². The van der Waals surface area contributed by atoms with Crippen LogP contribution in [0.1, 0.15) is 31.1 Å². The van der Waals surface area contributed by atoms with E-state index in [1.807, 2.05) is 0 Å². The average Bonchev–Trinajstić information content (AvgIpc) is 2.76. The summed E-state index contributed by atoms with van der Waals surface area (Å²) in [5, 5.41) is 4.81. The number of imide groups is 1. The van der Waals surface area contributed by atoms with E-state index in [9.17, 15) is 14.4 Å². The molecule has 20 heavy (non-hydrogen) atoms. The third-order valence-electron chi connectivity index (χ3n) is 2.94. The Morgan fingerprint density at radius 1 is 1.10 bits per heavy atom. The smallest absolute Gasteiger partial charge is 0.261 e. The van der Waals surface area contributed by atoms with E-state index in [1.54, 1.807) is 30.5 Å². The molecule has 98 valence electrons. The van der Waals surface area contributed by atoms with Crippen LogP contribution in [0.2, 0.25) is 0 Å². The van der Waals surface area contributed by atoms with Crippen molar-refractivity contribution in [3.63, 3.8) is 0 Å². The Morgan fingerprint density at radius 2 is 1.95 bits per heavy atom. The van der Waals surface area contributed by atoms with Gasteiger partial charge in [-0.1, -0.05) is 6.07 Å². The van der Waals surface area contributed by atoms with Crippen molar-refractivity contribution in [2.24, 2.45) is 0 Å². The lowest BCUT2D eigenvalue weighted by molar-refractivity contribution is 0.0879. The number of rotatable bonds is 2. The number of benzene rings is 1. The van der Waals surface area contributed by atoms with Gasteiger partial charge in [-0.2, -0.15) is 0 Å². The lowest BCUT2D eigenvalue weighted by Crippen LogP contribution is -2.20. The van der Waals surface area contributed by atoms with Gasteiger partial charge in [0.2, 0.25) is 0 Å². The molecule has 0 aliphatic carbocycles. The molecule has 2 N–H and O–H groups in total. The third kappa shape index (κ3) is 1.93. The van der Waals surface area contributed by atoms with Gasteiger partial charge in [0.05, 0.1) is 22.4 Å². The molecule has 1 aliphatic heterocycles. The first-order valence-electron chi connectivity index (χ1n) is 5.87. The van der Waals surface area contributed by atoms with Crippen molar-refractivity contribution >= 4 is 23.4 Å². The molecule has 0 bridgehead atoms. The predicted molar refractivity (Wildman–Crippen MR) is 70.4 cm³/mol. The largest absolute Gasteiger partial charge is 0.321 e. The molecule has 0 radical (unpaired) electrons. The molecular weight excluding hydrogens is 258 g/mol. The summed E-state index contributed by atoms with van der Waals surface area (Å²) in [4.78, 5) is 39.1. The standard InChI is InChI=1S/C14H9N3O3/c18-12(8-3-2-6-15-7-8)16-10-5-1-4-9-11(10)14(20)17-13(9)19/h1-7H,(H,16,18)(H,17,19,20). The number of amides is 3. The van der Waals surface area contributed by atoms with Crippen LogP contribution in [0.4, 0.5) is 5.69 Å². The summed E-state index contributed by atoms with van der Waals surface area (Å²) >= 11 is 0. The van der Waals surface area contributed by atoms with Crippen LogP contribution < -0.4 is 10.6 Å². The Morgan fingerprint density at radius 3 is 2.70 bits per heavy atom. The molecule has 1 aromatic carbocycles. The van der Waals surface area contributed by atoms with Gasteiger partial charge >= 0.3 is 0 Å². The van der Waals surface area contributed by atoms with E-state index in [0.29, 0.717) is 11.3 Å². The third-order valence-corrected chi connectivity index (χ3v) is 2.94. The van der Waals surface area contributed by atoms with Crippen molar-refractivity contribution in [3.05, 3.63) is 59.4 Å². The van der Waals surface area contributed by atoms with Crippen LogP contribution >= 0.6 is 0 Å². The maximum absolute atomic E-state index is 12.0. The Kier molecular flexibility index (Phi) is 2.76. The molecule has 1 aliphatic rings. The first-order chi connectivity index (χ1) is 9.66. The molecule has 6 nitrogen and oxygen atoms in total. The van der Waals surface area contributed by atoms with E-state index >= 15 is 0 Å². The van der Waals surface area contributed by atoms with Crippen LogP contribution in [0.5, 0.6) is 0 Å². The van der Waals surface area contributed by atoms with Crippen LogP contribution in [-0.2, 0) is 0 Å². The zero-order valence-electron chi connectivity index (χ0n) is 10.2. The van der Waals surface area contributed by atoms with Gasteiger partial charge in [-0.25, -0.2) is 0 Å². The second kappa shape index (κ2) is 4.58. The predicted octanol–water partition coefficient (Wildman–Crippen LogP) is 1.22. The molecule has 3 amide bonds. The number of aromatic nitrogens is 1. The van der Waals surface area contributed by atoms with E-state index < -0.39 is 17.7 Å².